The van der Waals surface area contributed by atoms with Crippen LogP contribution in [0, 0.1) is 0 Å². The first-order valence-electron chi connectivity index (χ1n) is 7.18. The minimum absolute atomic E-state index is 0.458. The zero-order valence-electron chi connectivity index (χ0n) is 12.3. The molecule has 5 atom stereocenters. The van der Waals surface area contributed by atoms with E-state index < -0.39 is 30.7 Å². The van der Waals surface area contributed by atoms with Gasteiger partial charge in [0, 0.05) is 12.3 Å². The normalized spacial score (nSPS) is 32.9. The van der Waals surface area contributed by atoms with Crippen molar-refractivity contribution >= 4 is 5.69 Å². The highest BCUT2D eigenvalue weighted by atomic mass is 16.7. The van der Waals surface area contributed by atoms with Crippen LogP contribution in [0.4, 0.5) is 5.69 Å². The first-order valence-corrected chi connectivity index (χ1v) is 7.18. The fourth-order valence-electron chi connectivity index (χ4n) is 2.23. The van der Waals surface area contributed by atoms with E-state index in [1.165, 1.54) is 0 Å². The Hall–Kier alpha value is -1.34. The molecule has 0 amide bonds. The number of aliphatic hydroxyl groups excluding tert-OH is 2. The maximum atomic E-state index is 10.3. The number of rotatable bonds is 5. The number of benzene rings is 1. The average molecular weight is 297 g/mol. The zero-order chi connectivity index (χ0) is 15.4. The van der Waals surface area contributed by atoms with Gasteiger partial charge in [-0.3, -0.25) is 0 Å². The van der Waals surface area contributed by atoms with Gasteiger partial charge in [0.05, 0.1) is 6.10 Å². The molecule has 1 aromatic rings. The second kappa shape index (κ2) is 7.09. The molecule has 118 valence electrons. The Kier molecular flexibility index (Phi) is 5.41. The van der Waals surface area contributed by atoms with Crippen LogP contribution in [-0.4, -0.2) is 47.5 Å². The molecule has 1 aliphatic rings. The fourth-order valence-corrected chi connectivity index (χ4v) is 2.23. The Bertz CT molecular complexity index is 438. The van der Waals surface area contributed by atoms with E-state index in [1.54, 1.807) is 31.2 Å². The second-order valence-electron chi connectivity index (χ2n) is 5.21. The SMILES string of the molecule is CCCOC1C(O)C(C)OC(Oc2ccc(N)cc2)C1O. The molecule has 1 fully saturated rings. The minimum Gasteiger partial charge on any atom is -0.462 e. The van der Waals surface area contributed by atoms with Crippen molar-refractivity contribution in [2.24, 2.45) is 0 Å². The van der Waals surface area contributed by atoms with Crippen molar-refractivity contribution in [2.45, 2.75) is 51.0 Å². The van der Waals surface area contributed by atoms with Gasteiger partial charge in [0.25, 0.3) is 0 Å². The summed E-state index contributed by atoms with van der Waals surface area (Å²) in [5.41, 5.74) is 6.24. The maximum absolute atomic E-state index is 10.3. The third-order valence-electron chi connectivity index (χ3n) is 3.43. The quantitative estimate of drug-likeness (QED) is 0.699. The lowest BCUT2D eigenvalue weighted by Gasteiger charge is -2.41. The molecule has 6 nitrogen and oxygen atoms in total. The summed E-state index contributed by atoms with van der Waals surface area (Å²) in [7, 11) is 0. The molecule has 1 aromatic carbocycles. The number of nitrogen functional groups attached to an aromatic ring is 1. The van der Waals surface area contributed by atoms with E-state index in [1.807, 2.05) is 6.92 Å². The van der Waals surface area contributed by atoms with Gasteiger partial charge < -0.3 is 30.2 Å². The monoisotopic (exact) mass is 297 g/mol. The summed E-state index contributed by atoms with van der Waals surface area (Å²) in [6, 6.07) is 6.80. The summed E-state index contributed by atoms with van der Waals surface area (Å²) in [4.78, 5) is 0. The van der Waals surface area contributed by atoms with Crippen molar-refractivity contribution in [1.82, 2.24) is 0 Å². The highest BCUT2D eigenvalue weighted by Crippen LogP contribution is 2.26. The van der Waals surface area contributed by atoms with Crippen LogP contribution in [-0.2, 0) is 9.47 Å². The Labute approximate surface area is 124 Å². The van der Waals surface area contributed by atoms with Crippen molar-refractivity contribution in [3.8, 4) is 5.75 Å². The van der Waals surface area contributed by atoms with Crippen LogP contribution in [0.5, 0.6) is 5.75 Å². The lowest BCUT2D eigenvalue weighted by Crippen LogP contribution is -2.59. The molecule has 5 unspecified atom stereocenters. The van der Waals surface area contributed by atoms with E-state index in [2.05, 4.69) is 0 Å². The minimum atomic E-state index is -1.07. The smallest absolute Gasteiger partial charge is 0.229 e. The Morgan fingerprint density at radius 3 is 2.48 bits per heavy atom. The number of aliphatic hydroxyl groups is 2. The van der Waals surface area contributed by atoms with Gasteiger partial charge in [0.15, 0.2) is 0 Å². The van der Waals surface area contributed by atoms with Gasteiger partial charge in [-0.25, -0.2) is 0 Å². The predicted octanol–water partition coefficient (Wildman–Crippen LogP) is 0.909. The van der Waals surface area contributed by atoms with Gasteiger partial charge in [-0.15, -0.1) is 0 Å². The van der Waals surface area contributed by atoms with Crippen LogP contribution >= 0.6 is 0 Å². The summed E-state index contributed by atoms with van der Waals surface area (Å²) in [6.07, 6.45) is -3.28. The molecule has 1 heterocycles. The number of hydrogen-bond donors (Lipinski definition) is 3. The lowest BCUT2D eigenvalue weighted by atomic mass is 9.99. The molecule has 0 aliphatic carbocycles. The third kappa shape index (κ3) is 3.85. The van der Waals surface area contributed by atoms with Gasteiger partial charge in [0.1, 0.15) is 24.1 Å². The van der Waals surface area contributed by atoms with E-state index in [0.29, 0.717) is 18.0 Å². The van der Waals surface area contributed by atoms with Gasteiger partial charge in [-0.05, 0) is 37.6 Å². The van der Waals surface area contributed by atoms with Gasteiger partial charge in [-0.1, -0.05) is 6.92 Å². The van der Waals surface area contributed by atoms with Gasteiger partial charge >= 0.3 is 0 Å². The van der Waals surface area contributed by atoms with Crippen molar-refractivity contribution in [1.29, 1.82) is 0 Å². The van der Waals surface area contributed by atoms with Crippen LogP contribution in [0.1, 0.15) is 20.3 Å². The van der Waals surface area contributed by atoms with Gasteiger partial charge in [-0.2, -0.15) is 0 Å². The second-order valence-corrected chi connectivity index (χ2v) is 5.21. The molecule has 1 aliphatic heterocycles. The number of nitrogens with two attached hydrogens (primary N) is 1. The molecular formula is C15H23NO5. The number of hydrogen-bond acceptors (Lipinski definition) is 6. The Balaban J connectivity index is 2.06. The summed E-state index contributed by atoms with van der Waals surface area (Å²) in [5.74, 6) is 0.533. The van der Waals surface area contributed by atoms with Crippen LogP contribution in [0.25, 0.3) is 0 Å². The van der Waals surface area contributed by atoms with Crippen LogP contribution in [0.3, 0.4) is 0 Å². The molecule has 4 N–H and O–H groups in total. The van der Waals surface area contributed by atoms with Crippen LogP contribution < -0.4 is 10.5 Å². The highest BCUT2D eigenvalue weighted by Gasteiger charge is 2.44. The Morgan fingerprint density at radius 2 is 1.86 bits per heavy atom. The van der Waals surface area contributed by atoms with Crippen molar-refractivity contribution in [3.63, 3.8) is 0 Å². The first kappa shape index (κ1) is 16.0. The zero-order valence-corrected chi connectivity index (χ0v) is 12.3. The van der Waals surface area contributed by atoms with Crippen molar-refractivity contribution in [3.05, 3.63) is 24.3 Å². The van der Waals surface area contributed by atoms with E-state index in [0.717, 1.165) is 6.42 Å². The van der Waals surface area contributed by atoms with Crippen LogP contribution in [0.2, 0.25) is 0 Å². The van der Waals surface area contributed by atoms with Crippen LogP contribution in [0.15, 0.2) is 24.3 Å². The largest absolute Gasteiger partial charge is 0.462 e. The predicted molar refractivity (Wildman–Crippen MR) is 77.9 cm³/mol. The fraction of sp³-hybridized carbons (Fsp3) is 0.600. The molecule has 1 saturated heterocycles. The van der Waals surface area contributed by atoms with Gasteiger partial charge in [0.2, 0.25) is 6.29 Å². The maximum Gasteiger partial charge on any atom is 0.229 e. The molecular weight excluding hydrogens is 274 g/mol. The molecule has 2 rings (SSSR count). The first-order chi connectivity index (χ1) is 10.0. The molecule has 0 saturated carbocycles. The average Bonchev–Trinajstić information content (AvgIpc) is 2.47. The molecule has 0 aromatic heterocycles. The van der Waals surface area contributed by atoms with Crippen molar-refractivity contribution < 1.29 is 24.4 Å². The molecule has 6 heteroatoms. The standard InChI is InChI=1S/C15H23NO5/c1-3-8-19-14-12(17)9(2)20-15(13(14)18)21-11-6-4-10(16)5-7-11/h4-7,9,12-15,17-18H,3,8,16H2,1-2H3. The summed E-state index contributed by atoms with van der Waals surface area (Å²) >= 11 is 0. The number of anilines is 1. The molecule has 0 bridgehead atoms. The highest BCUT2D eigenvalue weighted by molar-refractivity contribution is 5.41. The van der Waals surface area contributed by atoms with E-state index in [-0.39, 0.29) is 0 Å². The number of ether oxygens (including phenoxy) is 3. The molecule has 21 heavy (non-hydrogen) atoms. The molecule has 0 spiro atoms. The van der Waals surface area contributed by atoms with E-state index >= 15 is 0 Å². The lowest BCUT2D eigenvalue weighted by molar-refractivity contribution is -0.277. The topological polar surface area (TPSA) is 94.2 Å². The summed E-state index contributed by atoms with van der Waals surface area (Å²) in [6.45, 7) is 4.14. The van der Waals surface area contributed by atoms with Crippen molar-refractivity contribution in [2.75, 3.05) is 12.3 Å². The van der Waals surface area contributed by atoms with E-state index in [4.69, 9.17) is 19.9 Å². The Morgan fingerprint density at radius 1 is 1.19 bits per heavy atom. The summed E-state index contributed by atoms with van der Waals surface area (Å²) in [5, 5.41) is 20.4. The molecule has 0 radical (unpaired) electrons. The summed E-state index contributed by atoms with van der Waals surface area (Å²) < 4.78 is 16.7. The van der Waals surface area contributed by atoms with E-state index in [9.17, 15) is 10.2 Å². The third-order valence-corrected chi connectivity index (χ3v) is 3.43.